The zero-order chi connectivity index (χ0) is 22.9. The Balaban J connectivity index is 1.24. The van der Waals surface area contributed by atoms with Crippen molar-refractivity contribution in [2.45, 2.75) is 25.8 Å². The number of nitrogens with one attached hydrogen (secondary N) is 2. The van der Waals surface area contributed by atoms with Gasteiger partial charge in [-0.05, 0) is 44.0 Å². The van der Waals surface area contributed by atoms with Crippen LogP contribution in [0.4, 0.5) is 10.2 Å². The molecule has 8 nitrogen and oxygen atoms in total. The molecule has 0 unspecified atom stereocenters. The van der Waals surface area contributed by atoms with E-state index in [9.17, 15) is 14.0 Å². The smallest absolute Gasteiger partial charge is 0.309 e. The Kier molecular flexibility index (Phi) is 5.55. The Morgan fingerprint density at radius 1 is 1.15 bits per heavy atom. The van der Waals surface area contributed by atoms with Gasteiger partial charge in [0.2, 0.25) is 5.91 Å². The first-order valence-electron chi connectivity index (χ1n) is 11.0. The number of piperidine rings is 1. The molecule has 0 atom stereocenters. The van der Waals surface area contributed by atoms with Crippen LogP contribution in [0, 0.1) is 12.7 Å². The summed E-state index contributed by atoms with van der Waals surface area (Å²) in [6.45, 7) is 3.42. The van der Waals surface area contributed by atoms with Crippen LogP contribution in [0.25, 0.3) is 16.7 Å². The summed E-state index contributed by atoms with van der Waals surface area (Å²) in [6, 6.07) is 15.8. The van der Waals surface area contributed by atoms with Gasteiger partial charge in [-0.1, -0.05) is 24.3 Å². The molecule has 1 aliphatic rings. The summed E-state index contributed by atoms with van der Waals surface area (Å²) in [6.07, 6.45) is 1.56. The summed E-state index contributed by atoms with van der Waals surface area (Å²) < 4.78 is 17.5. The van der Waals surface area contributed by atoms with Crippen LogP contribution in [-0.4, -0.2) is 49.8 Å². The first-order chi connectivity index (χ1) is 16.0. The quantitative estimate of drug-likeness (QED) is 0.491. The highest BCUT2D eigenvalue weighted by atomic mass is 19.1. The molecule has 33 heavy (non-hydrogen) atoms. The predicted molar refractivity (Wildman–Crippen MR) is 124 cm³/mol. The van der Waals surface area contributed by atoms with Gasteiger partial charge in [-0.25, -0.2) is 13.9 Å². The highest BCUT2D eigenvalue weighted by Crippen LogP contribution is 2.25. The van der Waals surface area contributed by atoms with Crippen molar-refractivity contribution in [1.82, 2.24) is 24.2 Å². The lowest BCUT2D eigenvalue weighted by atomic mass is 10.0. The number of fused-ring (bicyclic) bond motifs is 1. The second-order valence-corrected chi connectivity index (χ2v) is 8.41. The number of H-pyrrole nitrogens is 1. The summed E-state index contributed by atoms with van der Waals surface area (Å²) in [5, 5.41) is 7.20. The maximum absolute atomic E-state index is 14.2. The van der Waals surface area contributed by atoms with E-state index in [0.717, 1.165) is 23.9 Å². The lowest BCUT2D eigenvalue weighted by Crippen LogP contribution is -2.41. The van der Waals surface area contributed by atoms with Crippen LogP contribution < -0.4 is 11.0 Å². The molecule has 4 aromatic rings. The van der Waals surface area contributed by atoms with Gasteiger partial charge in [-0.15, -0.1) is 0 Å². The van der Waals surface area contributed by atoms with E-state index in [1.165, 1.54) is 10.7 Å². The molecule has 1 fully saturated rings. The van der Waals surface area contributed by atoms with Crippen molar-refractivity contribution in [3.8, 4) is 5.69 Å². The minimum Gasteiger partial charge on any atom is -0.309 e. The standard InChI is InChI=1S/C24H25FN6O2/c1-16-14-22(31(28-16)20-8-4-2-6-18(20)25)27-23(32)15-29-12-10-17(11-13-29)30-21-9-5-3-7-19(21)26-24(30)33/h2-9,14,17H,10-13,15H2,1H3,(H,26,33)(H,27,32). The maximum atomic E-state index is 14.2. The molecule has 0 bridgehead atoms. The molecule has 1 aliphatic heterocycles. The maximum Gasteiger partial charge on any atom is 0.326 e. The van der Waals surface area contributed by atoms with Crippen molar-refractivity contribution in [2.75, 3.05) is 25.0 Å². The average Bonchev–Trinajstić information content (AvgIpc) is 3.33. The SMILES string of the molecule is Cc1cc(NC(=O)CN2CCC(n3c(=O)[nH]c4ccccc43)CC2)n(-c2ccccc2F)n1. The van der Waals surface area contributed by atoms with Crippen LogP contribution in [0.1, 0.15) is 24.6 Å². The molecule has 2 aromatic carbocycles. The molecule has 0 saturated carbocycles. The third-order valence-electron chi connectivity index (χ3n) is 6.09. The minimum absolute atomic E-state index is 0.0934. The van der Waals surface area contributed by atoms with E-state index in [2.05, 4.69) is 20.3 Å². The predicted octanol–water partition coefficient (Wildman–Crippen LogP) is 3.24. The second-order valence-electron chi connectivity index (χ2n) is 8.41. The van der Waals surface area contributed by atoms with Crippen LogP contribution in [0.3, 0.4) is 0 Å². The van der Waals surface area contributed by atoms with E-state index in [1.807, 2.05) is 28.8 Å². The van der Waals surface area contributed by atoms with Crippen molar-refractivity contribution >= 4 is 22.8 Å². The number of carbonyl (C=O) groups excluding carboxylic acids is 1. The van der Waals surface area contributed by atoms with Gasteiger partial charge in [0.15, 0.2) is 0 Å². The first-order valence-corrected chi connectivity index (χ1v) is 11.0. The molecule has 0 spiro atoms. The monoisotopic (exact) mass is 448 g/mol. The number of likely N-dealkylation sites (tertiary alicyclic amines) is 1. The van der Waals surface area contributed by atoms with E-state index in [-0.39, 0.29) is 29.9 Å². The summed E-state index contributed by atoms with van der Waals surface area (Å²) in [5.74, 6) is -0.163. The number of aryl methyl sites for hydroxylation is 1. The number of hydrogen-bond acceptors (Lipinski definition) is 4. The van der Waals surface area contributed by atoms with Gasteiger partial charge in [0, 0.05) is 25.2 Å². The van der Waals surface area contributed by atoms with E-state index in [1.54, 1.807) is 31.2 Å². The molecule has 2 aromatic heterocycles. The number of nitrogens with zero attached hydrogens (tertiary/aromatic N) is 4. The molecule has 3 heterocycles. The van der Waals surface area contributed by atoms with Crippen LogP contribution in [0.2, 0.25) is 0 Å². The number of halogens is 1. The van der Waals surface area contributed by atoms with Gasteiger partial charge in [0.1, 0.15) is 17.3 Å². The van der Waals surface area contributed by atoms with Gasteiger partial charge in [-0.3, -0.25) is 14.3 Å². The number of hydrogen-bond donors (Lipinski definition) is 2. The molecule has 2 N–H and O–H groups in total. The van der Waals surface area contributed by atoms with E-state index >= 15 is 0 Å². The summed E-state index contributed by atoms with van der Waals surface area (Å²) in [5.41, 5.74) is 2.62. The largest absolute Gasteiger partial charge is 0.326 e. The number of amides is 1. The van der Waals surface area contributed by atoms with Gasteiger partial charge in [0.05, 0.1) is 23.3 Å². The Bertz CT molecular complexity index is 1360. The van der Waals surface area contributed by atoms with Gasteiger partial charge in [0.25, 0.3) is 0 Å². The number of benzene rings is 2. The third kappa shape index (κ3) is 4.19. The molecule has 170 valence electrons. The molecule has 9 heteroatoms. The van der Waals surface area contributed by atoms with Crippen LogP contribution in [0.15, 0.2) is 59.4 Å². The Labute approximate surface area is 189 Å². The normalized spacial score (nSPS) is 15.2. The van der Waals surface area contributed by atoms with Crippen molar-refractivity contribution in [3.05, 3.63) is 76.6 Å². The van der Waals surface area contributed by atoms with E-state index in [0.29, 0.717) is 24.6 Å². The highest BCUT2D eigenvalue weighted by Gasteiger charge is 2.25. The lowest BCUT2D eigenvalue weighted by Gasteiger charge is -2.32. The number of rotatable bonds is 5. The first kappa shape index (κ1) is 21.1. The summed E-state index contributed by atoms with van der Waals surface area (Å²) in [4.78, 5) is 30.2. The summed E-state index contributed by atoms with van der Waals surface area (Å²) >= 11 is 0. The molecular formula is C24H25FN6O2. The Hall–Kier alpha value is -3.72. The molecule has 5 rings (SSSR count). The fourth-order valence-corrected chi connectivity index (χ4v) is 4.55. The number of para-hydroxylation sites is 3. The Morgan fingerprint density at radius 2 is 1.88 bits per heavy atom. The number of aromatic nitrogens is 4. The van der Waals surface area contributed by atoms with Crippen LogP contribution in [0.5, 0.6) is 0 Å². The minimum atomic E-state index is -0.411. The number of carbonyl (C=O) groups is 1. The fourth-order valence-electron chi connectivity index (χ4n) is 4.55. The highest BCUT2D eigenvalue weighted by molar-refractivity contribution is 5.91. The zero-order valence-corrected chi connectivity index (χ0v) is 18.3. The van der Waals surface area contributed by atoms with Gasteiger partial charge in [-0.2, -0.15) is 5.10 Å². The number of aromatic amines is 1. The second kappa shape index (κ2) is 8.67. The topological polar surface area (TPSA) is 88.0 Å². The molecule has 0 aliphatic carbocycles. The summed E-state index contributed by atoms with van der Waals surface area (Å²) in [7, 11) is 0. The van der Waals surface area contributed by atoms with Crippen molar-refractivity contribution in [2.24, 2.45) is 0 Å². The third-order valence-corrected chi connectivity index (χ3v) is 6.09. The average molecular weight is 449 g/mol. The lowest BCUT2D eigenvalue weighted by molar-refractivity contribution is -0.117. The van der Waals surface area contributed by atoms with Crippen LogP contribution >= 0.6 is 0 Å². The molecule has 1 amide bonds. The van der Waals surface area contributed by atoms with Crippen LogP contribution in [-0.2, 0) is 4.79 Å². The Morgan fingerprint density at radius 3 is 2.67 bits per heavy atom. The number of anilines is 1. The van der Waals surface area contributed by atoms with Crippen molar-refractivity contribution in [1.29, 1.82) is 0 Å². The molecular weight excluding hydrogens is 423 g/mol. The van der Waals surface area contributed by atoms with Crippen molar-refractivity contribution in [3.63, 3.8) is 0 Å². The molecule has 1 saturated heterocycles. The van der Waals surface area contributed by atoms with E-state index in [4.69, 9.17) is 0 Å². The van der Waals surface area contributed by atoms with Gasteiger partial charge >= 0.3 is 5.69 Å². The zero-order valence-electron chi connectivity index (χ0n) is 18.3. The van der Waals surface area contributed by atoms with Gasteiger partial charge < -0.3 is 10.3 Å². The fraction of sp³-hybridized carbons (Fsp3) is 0.292. The molecule has 0 radical (unpaired) electrons. The van der Waals surface area contributed by atoms with E-state index < -0.39 is 5.82 Å². The van der Waals surface area contributed by atoms with Crippen molar-refractivity contribution < 1.29 is 9.18 Å². The number of imidazole rings is 1.